The standard InChI is InChI=1S/C18H20ClNO5S/c1-5-24-13-7-6-12(19)8-11(13)9-14-16(22)20(17(23)26-14)10-15(21)25-18(2,3)4/h6-9H,5,10H2,1-4H3. The van der Waals surface area contributed by atoms with Crippen molar-refractivity contribution in [3.63, 3.8) is 0 Å². The van der Waals surface area contributed by atoms with E-state index in [0.717, 1.165) is 16.7 Å². The number of thioether (sulfide) groups is 1. The molecule has 0 aromatic heterocycles. The van der Waals surface area contributed by atoms with Crippen molar-refractivity contribution in [2.75, 3.05) is 13.2 Å². The second-order valence-electron chi connectivity index (χ2n) is 6.47. The highest BCUT2D eigenvalue weighted by Crippen LogP contribution is 2.34. The summed E-state index contributed by atoms with van der Waals surface area (Å²) >= 11 is 6.77. The molecule has 0 bridgehead atoms. The van der Waals surface area contributed by atoms with Crippen molar-refractivity contribution in [1.82, 2.24) is 4.90 Å². The molecular formula is C18H20ClNO5S. The zero-order valence-corrected chi connectivity index (χ0v) is 16.6. The Balaban J connectivity index is 2.22. The topological polar surface area (TPSA) is 72.9 Å². The second-order valence-corrected chi connectivity index (χ2v) is 7.90. The van der Waals surface area contributed by atoms with Crippen molar-refractivity contribution in [3.05, 3.63) is 33.7 Å². The average molecular weight is 398 g/mol. The van der Waals surface area contributed by atoms with E-state index in [-0.39, 0.29) is 4.91 Å². The third-order valence-corrected chi connectivity index (χ3v) is 4.28. The summed E-state index contributed by atoms with van der Waals surface area (Å²) in [6.45, 7) is 7.01. The Morgan fingerprint density at radius 2 is 2.00 bits per heavy atom. The molecule has 1 aromatic rings. The SMILES string of the molecule is CCOc1ccc(Cl)cc1C=C1SC(=O)N(CC(=O)OC(C)(C)C)C1=O. The zero-order valence-electron chi connectivity index (χ0n) is 15.0. The first-order chi connectivity index (χ1) is 12.1. The van der Waals surface area contributed by atoms with Crippen LogP contribution in [0.4, 0.5) is 4.79 Å². The lowest BCUT2D eigenvalue weighted by Crippen LogP contribution is -2.37. The van der Waals surface area contributed by atoms with Gasteiger partial charge in [0.25, 0.3) is 11.1 Å². The fourth-order valence-corrected chi connectivity index (χ4v) is 3.21. The minimum absolute atomic E-state index is 0.196. The monoisotopic (exact) mass is 397 g/mol. The molecule has 2 rings (SSSR count). The van der Waals surface area contributed by atoms with Crippen LogP contribution in [0.15, 0.2) is 23.1 Å². The molecule has 0 atom stereocenters. The highest BCUT2D eigenvalue weighted by molar-refractivity contribution is 8.18. The first kappa shape index (κ1) is 20.3. The first-order valence-electron chi connectivity index (χ1n) is 8.00. The lowest BCUT2D eigenvalue weighted by molar-refractivity contribution is -0.156. The van der Waals surface area contributed by atoms with Crippen LogP contribution in [0.1, 0.15) is 33.3 Å². The van der Waals surface area contributed by atoms with Gasteiger partial charge in [0, 0.05) is 10.6 Å². The van der Waals surface area contributed by atoms with Gasteiger partial charge in [-0.3, -0.25) is 19.3 Å². The Kier molecular flexibility index (Phi) is 6.36. The summed E-state index contributed by atoms with van der Waals surface area (Å²) in [5, 5.41) is -0.0419. The predicted octanol–water partition coefficient (Wildman–Crippen LogP) is 4.12. The van der Waals surface area contributed by atoms with Crippen LogP contribution in [0, 0.1) is 0 Å². The molecule has 26 heavy (non-hydrogen) atoms. The molecule has 0 unspecified atom stereocenters. The second kappa shape index (κ2) is 8.14. The molecule has 1 aliphatic heterocycles. The van der Waals surface area contributed by atoms with E-state index < -0.39 is 29.3 Å². The number of amides is 2. The van der Waals surface area contributed by atoms with E-state index in [1.54, 1.807) is 39.0 Å². The van der Waals surface area contributed by atoms with Gasteiger partial charge in [0.2, 0.25) is 0 Å². The van der Waals surface area contributed by atoms with Crippen LogP contribution in [-0.2, 0) is 14.3 Å². The van der Waals surface area contributed by atoms with E-state index in [1.807, 2.05) is 6.92 Å². The van der Waals surface area contributed by atoms with Crippen LogP contribution >= 0.6 is 23.4 Å². The highest BCUT2D eigenvalue weighted by atomic mass is 35.5. The number of imide groups is 1. The fraction of sp³-hybridized carbons (Fsp3) is 0.389. The van der Waals surface area contributed by atoms with Crippen molar-refractivity contribution in [2.24, 2.45) is 0 Å². The third-order valence-electron chi connectivity index (χ3n) is 3.14. The van der Waals surface area contributed by atoms with Gasteiger partial charge in [0.1, 0.15) is 17.9 Å². The van der Waals surface area contributed by atoms with Gasteiger partial charge in [-0.25, -0.2) is 0 Å². The van der Waals surface area contributed by atoms with Gasteiger partial charge < -0.3 is 9.47 Å². The number of rotatable bonds is 5. The number of carbonyl (C=O) groups is 3. The summed E-state index contributed by atoms with van der Waals surface area (Å²) in [4.78, 5) is 37.6. The maximum absolute atomic E-state index is 12.5. The van der Waals surface area contributed by atoms with Gasteiger partial charge in [-0.05, 0) is 63.7 Å². The van der Waals surface area contributed by atoms with Crippen LogP contribution in [0.3, 0.4) is 0 Å². The Hall–Kier alpha value is -1.99. The average Bonchev–Trinajstić information content (AvgIpc) is 2.76. The van der Waals surface area contributed by atoms with Crippen molar-refractivity contribution < 1.29 is 23.9 Å². The summed E-state index contributed by atoms with van der Waals surface area (Å²) in [5.41, 5.74) is -0.107. The molecule has 1 saturated heterocycles. The van der Waals surface area contributed by atoms with Gasteiger partial charge in [0.05, 0.1) is 11.5 Å². The molecule has 1 heterocycles. The van der Waals surface area contributed by atoms with E-state index in [9.17, 15) is 14.4 Å². The van der Waals surface area contributed by atoms with Crippen LogP contribution in [-0.4, -0.2) is 40.8 Å². The zero-order chi connectivity index (χ0) is 19.5. The summed E-state index contributed by atoms with van der Waals surface area (Å²) in [6.07, 6.45) is 1.54. The van der Waals surface area contributed by atoms with Gasteiger partial charge in [-0.1, -0.05) is 11.6 Å². The highest BCUT2D eigenvalue weighted by Gasteiger charge is 2.37. The van der Waals surface area contributed by atoms with Crippen LogP contribution in [0.2, 0.25) is 5.02 Å². The molecule has 0 radical (unpaired) electrons. The van der Waals surface area contributed by atoms with E-state index >= 15 is 0 Å². The molecule has 6 nitrogen and oxygen atoms in total. The Morgan fingerprint density at radius 1 is 1.31 bits per heavy atom. The van der Waals surface area contributed by atoms with Crippen molar-refractivity contribution in [2.45, 2.75) is 33.3 Å². The number of hydrogen-bond donors (Lipinski definition) is 0. The van der Waals surface area contributed by atoms with Crippen LogP contribution in [0.5, 0.6) is 5.75 Å². The smallest absolute Gasteiger partial charge is 0.326 e. The summed E-state index contributed by atoms with van der Waals surface area (Å²) in [5.74, 6) is -0.636. The van der Waals surface area contributed by atoms with Crippen molar-refractivity contribution in [1.29, 1.82) is 0 Å². The molecule has 1 aromatic carbocycles. The number of esters is 1. The van der Waals surface area contributed by atoms with E-state index in [2.05, 4.69) is 0 Å². The number of halogens is 1. The number of carbonyl (C=O) groups excluding carboxylic acids is 3. The molecule has 8 heteroatoms. The minimum Gasteiger partial charge on any atom is -0.493 e. The molecule has 1 aliphatic rings. The number of hydrogen-bond acceptors (Lipinski definition) is 6. The van der Waals surface area contributed by atoms with E-state index in [1.165, 1.54) is 6.08 Å². The molecule has 2 amide bonds. The lowest BCUT2D eigenvalue weighted by atomic mass is 10.2. The normalized spacial score (nSPS) is 16.3. The van der Waals surface area contributed by atoms with Gasteiger partial charge in [0.15, 0.2) is 0 Å². The van der Waals surface area contributed by atoms with Crippen LogP contribution < -0.4 is 4.74 Å². The molecule has 140 valence electrons. The Morgan fingerprint density at radius 3 is 2.62 bits per heavy atom. The van der Waals surface area contributed by atoms with Gasteiger partial charge in [-0.15, -0.1) is 0 Å². The van der Waals surface area contributed by atoms with Gasteiger partial charge >= 0.3 is 5.97 Å². The predicted molar refractivity (Wildman–Crippen MR) is 101 cm³/mol. The number of benzene rings is 1. The van der Waals surface area contributed by atoms with Crippen molar-refractivity contribution >= 4 is 46.6 Å². The van der Waals surface area contributed by atoms with Gasteiger partial charge in [-0.2, -0.15) is 0 Å². The maximum Gasteiger partial charge on any atom is 0.326 e. The van der Waals surface area contributed by atoms with Crippen LogP contribution in [0.25, 0.3) is 6.08 Å². The number of ether oxygens (including phenoxy) is 2. The number of nitrogens with zero attached hydrogens (tertiary/aromatic N) is 1. The molecule has 0 saturated carbocycles. The summed E-state index contributed by atoms with van der Waals surface area (Å²) in [6, 6.07) is 5.02. The largest absolute Gasteiger partial charge is 0.493 e. The summed E-state index contributed by atoms with van der Waals surface area (Å²) < 4.78 is 10.7. The van der Waals surface area contributed by atoms with Crippen molar-refractivity contribution in [3.8, 4) is 5.75 Å². The maximum atomic E-state index is 12.5. The lowest BCUT2D eigenvalue weighted by Gasteiger charge is -2.21. The summed E-state index contributed by atoms with van der Waals surface area (Å²) in [7, 11) is 0. The molecular weight excluding hydrogens is 378 g/mol. The molecule has 0 N–H and O–H groups in total. The van der Waals surface area contributed by atoms with E-state index in [4.69, 9.17) is 21.1 Å². The van der Waals surface area contributed by atoms with E-state index in [0.29, 0.717) is 22.9 Å². The molecule has 0 spiro atoms. The first-order valence-corrected chi connectivity index (χ1v) is 9.19. The fourth-order valence-electron chi connectivity index (χ4n) is 2.20. The third kappa shape index (κ3) is 5.25. The Bertz CT molecular complexity index is 769. The minimum atomic E-state index is -0.693. The quantitative estimate of drug-likeness (QED) is 0.549. The Labute approximate surface area is 161 Å². The molecule has 1 fully saturated rings. The molecule has 0 aliphatic carbocycles.